The van der Waals surface area contributed by atoms with E-state index in [2.05, 4.69) is 55.9 Å². The van der Waals surface area contributed by atoms with E-state index < -0.39 is 0 Å². The molecule has 0 fully saturated rings. The lowest BCUT2D eigenvalue weighted by Gasteiger charge is -2.09. The average Bonchev–Trinajstić information content (AvgIpc) is 2.32. The van der Waals surface area contributed by atoms with Crippen LogP contribution in [-0.2, 0) is 0 Å². The van der Waals surface area contributed by atoms with Crippen molar-refractivity contribution in [2.24, 2.45) is 0 Å². The lowest BCUT2D eigenvalue weighted by molar-refractivity contribution is 0.756. The van der Waals surface area contributed by atoms with Crippen molar-refractivity contribution in [3.8, 4) is 0 Å². The molecule has 0 unspecified atom stereocenters. The van der Waals surface area contributed by atoms with E-state index in [4.69, 9.17) is 5.73 Å². The number of nitrogen functional groups attached to an aromatic ring is 1. The topological polar surface area (TPSA) is 51.8 Å². The number of nitrogens with zero attached hydrogens (tertiary/aromatic N) is 2. The monoisotopic (exact) mass is 273 g/mol. The summed E-state index contributed by atoms with van der Waals surface area (Å²) in [6, 6.07) is 8.25. The molecule has 0 aliphatic carbocycles. The highest BCUT2D eigenvalue weighted by Gasteiger charge is 2.09. The van der Waals surface area contributed by atoms with Gasteiger partial charge in [-0.15, -0.1) is 0 Å². The molecule has 0 spiro atoms. The second kappa shape index (κ2) is 5.61. The van der Waals surface area contributed by atoms with Gasteiger partial charge in [-0.2, -0.15) is 0 Å². The zero-order valence-corrected chi connectivity index (χ0v) is 12.6. The van der Waals surface area contributed by atoms with Crippen molar-refractivity contribution in [2.75, 3.05) is 5.73 Å². The SMILES string of the molecule is Cc1ccc(Sc2cc(N)nc(C(C)C)n2)c(C)c1. The van der Waals surface area contributed by atoms with Gasteiger partial charge in [0.15, 0.2) is 0 Å². The summed E-state index contributed by atoms with van der Waals surface area (Å²) in [6.07, 6.45) is 0. The molecule has 19 heavy (non-hydrogen) atoms. The molecule has 2 aromatic rings. The smallest absolute Gasteiger partial charge is 0.134 e. The normalized spacial score (nSPS) is 11.0. The molecule has 0 saturated carbocycles. The highest BCUT2D eigenvalue weighted by Crippen LogP contribution is 2.30. The van der Waals surface area contributed by atoms with E-state index in [1.54, 1.807) is 11.8 Å². The minimum absolute atomic E-state index is 0.280. The highest BCUT2D eigenvalue weighted by molar-refractivity contribution is 7.99. The molecular weight excluding hydrogens is 254 g/mol. The van der Waals surface area contributed by atoms with E-state index in [-0.39, 0.29) is 5.92 Å². The summed E-state index contributed by atoms with van der Waals surface area (Å²) in [6.45, 7) is 8.35. The summed E-state index contributed by atoms with van der Waals surface area (Å²) in [7, 11) is 0. The van der Waals surface area contributed by atoms with E-state index in [0.717, 1.165) is 10.9 Å². The quantitative estimate of drug-likeness (QED) is 0.860. The maximum Gasteiger partial charge on any atom is 0.134 e. The van der Waals surface area contributed by atoms with Crippen LogP contribution >= 0.6 is 11.8 Å². The Morgan fingerprint density at radius 2 is 1.84 bits per heavy atom. The van der Waals surface area contributed by atoms with Gasteiger partial charge in [-0.25, -0.2) is 9.97 Å². The molecule has 0 aliphatic heterocycles. The van der Waals surface area contributed by atoms with Crippen molar-refractivity contribution in [1.29, 1.82) is 0 Å². The number of hydrogen-bond acceptors (Lipinski definition) is 4. The zero-order chi connectivity index (χ0) is 14.0. The largest absolute Gasteiger partial charge is 0.384 e. The lowest BCUT2D eigenvalue weighted by Crippen LogP contribution is -2.02. The molecule has 100 valence electrons. The number of aryl methyl sites for hydroxylation is 2. The van der Waals surface area contributed by atoms with E-state index in [1.807, 2.05) is 6.07 Å². The van der Waals surface area contributed by atoms with Crippen molar-refractivity contribution >= 4 is 17.6 Å². The standard InChI is InChI=1S/C15H19N3S/c1-9(2)15-17-13(16)8-14(18-15)19-12-6-5-10(3)7-11(12)4/h5-9H,1-4H3,(H2,16,17,18). The zero-order valence-electron chi connectivity index (χ0n) is 11.8. The fourth-order valence-corrected chi connectivity index (χ4v) is 2.70. The van der Waals surface area contributed by atoms with E-state index in [1.165, 1.54) is 16.0 Å². The van der Waals surface area contributed by atoms with Gasteiger partial charge in [0.2, 0.25) is 0 Å². The summed E-state index contributed by atoms with van der Waals surface area (Å²) < 4.78 is 0. The van der Waals surface area contributed by atoms with Crippen LogP contribution in [0.5, 0.6) is 0 Å². The third-order valence-corrected chi connectivity index (χ3v) is 3.90. The Balaban J connectivity index is 2.32. The molecular formula is C15H19N3S. The van der Waals surface area contributed by atoms with Crippen molar-refractivity contribution in [1.82, 2.24) is 9.97 Å². The van der Waals surface area contributed by atoms with Crippen molar-refractivity contribution in [3.05, 3.63) is 41.2 Å². The first-order valence-electron chi connectivity index (χ1n) is 6.35. The minimum Gasteiger partial charge on any atom is -0.384 e. The molecule has 0 amide bonds. The fraction of sp³-hybridized carbons (Fsp3) is 0.333. The van der Waals surface area contributed by atoms with Crippen LogP contribution < -0.4 is 5.73 Å². The fourth-order valence-electron chi connectivity index (χ4n) is 1.80. The maximum atomic E-state index is 5.85. The molecule has 0 bridgehead atoms. The highest BCUT2D eigenvalue weighted by atomic mass is 32.2. The molecule has 2 N–H and O–H groups in total. The second-order valence-corrected chi connectivity index (χ2v) is 6.08. The van der Waals surface area contributed by atoms with Crippen molar-refractivity contribution in [2.45, 2.75) is 43.5 Å². The lowest BCUT2D eigenvalue weighted by atomic mass is 10.2. The van der Waals surface area contributed by atoms with Gasteiger partial charge in [-0.1, -0.05) is 43.3 Å². The summed E-state index contributed by atoms with van der Waals surface area (Å²) >= 11 is 1.64. The first-order valence-corrected chi connectivity index (χ1v) is 7.17. The van der Waals surface area contributed by atoms with Crippen LogP contribution in [0.2, 0.25) is 0 Å². The van der Waals surface area contributed by atoms with Crippen molar-refractivity contribution < 1.29 is 0 Å². The van der Waals surface area contributed by atoms with E-state index in [0.29, 0.717) is 5.82 Å². The van der Waals surface area contributed by atoms with Crippen LogP contribution in [-0.4, -0.2) is 9.97 Å². The van der Waals surface area contributed by atoms with Gasteiger partial charge in [-0.05, 0) is 25.5 Å². The van der Waals surface area contributed by atoms with E-state index >= 15 is 0 Å². The number of nitrogens with two attached hydrogens (primary N) is 1. The molecule has 1 aromatic carbocycles. The first kappa shape index (κ1) is 13.9. The van der Waals surface area contributed by atoms with Crippen LogP contribution in [0.1, 0.15) is 36.7 Å². The van der Waals surface area contributed by atoms with Gasteiger partial charge >= 0.3 is 0 Å². The molecule has 3 nitrogen and oxygen atoms in total. The molecule has 2 rings (SSSR count). The van der Waals surface area contributed by atoms with Crippen LogP contribution in [0.25, 0.3) is 0 Å². The number of rotatable bonds is 3. The van der Waals surface area contributed by atoms with Crippen molar-refractivity contribution in [3.63, 3.8) is 0 Å². The molecule has 0 atom stereocenters. The Kier molecular flexibility index (Phi) is 4.10. The van der Waals surface area contributed by atoms with Gasteiger partial charge in [-0.3, -0.25) is 0 Å². The van der Waals surface area contributed by atoms with Gasteiger partial charge in [0.05, 0.1) is 0 Å². The Bertz CT molecular complexity index is 594. The number of benzene rings is 1. The molecule has 0 radical (unpaired) electrons. The van der Waals surface area contributed by atoms with Crippen LogP contribution in [0.4, 0.5) is 5.82 Å². The van der Waals surface area contributed by atoms with E-state index in [9.17, 15) is 0 Å². The minimum atomic E-state index is 0.280. The molecule has 4 heteroatoms. The summed E-state index contributed by atoms with van der Waals surface area (Å²) in [4.78, 5) is 10.0. The van der Waals surface area contributed by atoms with Crippen LogP contribution in [0, 0.1) is 13.8 Å². The number of anilines is 1. The Hall–Kier alpha value is -1.55. The first-order chi connectivity index (χ1) is 8.95. The number of aromatic nitrogens is 2. The predicted octanol–water partition coefficient (Wildman–Crippen LogP) is 3.95. The average molecular weight is 273 g/mol. The Labute approximate surface area is 118 Å². The second-order valence-electron chi connectivity index (χ2n) is 5.01. The molecule has 1 aromatic heterocycles. The molecule has 0 aliphatic rings. The van der Waals surface area contributed by atoms with Gasteiger partial charge in [0.1, 0.15) is 16.7 Å². The van der Waals surface area contributed by atoms with Gasteiger partial charge in [0, 0.05) is 16.9 Å². The third kappa shape index (κ3) is 3.47. The number of hydrogen-bond donors (Lipinski definition) is 1. The molecule has 0 saturated heterocycles. The molecule has 1 heterocycles. The Morgan fingerprint density at radius 3 is 2.47 bits per heavy atom. The summed E-state index contributed by atoms with van der Waals surface area (Å²) in [5.41, 5.74) is 8.38. The maximum absolute atomic E-state index is 5.85. The summed E-state index contributed by atoms with van der Waals surface area (Å²) in [5.74, 6) is 1.61. The predicted molar refractivity (Wildman–Crippen MR) is 80.6 cm³/mol. The van der Waals surface area contributed by atoms with Crippen LogP contribution in [0.15, 0.2) is 34.2 Å². The van der Waals surface area contributed by atoms with Crippen LogP contribution in [0.3, 0.4) is 0 Å². The van der Waals surface area contributed by atoms with Gasteiger partial charge in [0.25, 0.3) is 0 Å². The van der Waals surface area contributed by atoms with Gasteiger partial charge < -0.3 is 5.73 Å². The Morgan fingerprint density at radius 1 is 1.11 bits per heavy atom. The third-order valence-electron chi connectivity index (χ3n) is 2.80. The summed E-state index contributed by atoms with van der Waals surface area (Å²) in [5, 5.41) is 0.906.